The number of hydrogen-bond acceptors (Lipinski definition) is 4. The fourth-order valence-corrected chi connectivity index (χ4v) is 3.59. The van der Waals surface area contributed by atoms with Crippen LogP contribution in [-0.4, -0.2) is 30.3 Å². The third-order valence-corrected chi connectivity index (χ3v) is 5.07. The van der Waals surface area contributed by atoms with Crippen molar-refractivity contribution in [2.24, 2.45) is 0 Å². The number of benzene rings is 2. The number of carbonyl (C=O) groups excluding carboxylic acids is 1. The first-order chi connectivity index (χ1) is 13.9. The maximum atomic E-state index is 12.1. The molecular formula is C20H20F3N3O2S. The first-order valence-corrected chi connectivity index (χ1v) is 9.85. The van der Waals surface area contributed by atoms with Gasteiger partial charge in [-0.15, -0.1) is 11.3 Å². The number of amides is 2. The molecule has 0 spiro atoms. The van der Waals surface area contributed by atoms with Crippen LogP contribution in [0.1, 0.15) is 17.0 Å². The summed E-state index contributed by atoms with van der Waals surface area (Å²) in [5.74, 6) is 0.130. The van der Waals surface area contributed by atoms with Gasteiger partial charge in [0.2, 0.25) is 0 Å². The molecule has 1 aromatic heterocycles. The van der Waals surface area contributed by atoms with E-state index in [9.17, 15) is 18.0 Å². The lowest BCUT2D eigenvalue weighted by atomic mass is 10.2. The Labute approximate surface area is 169 Å². The SMILES string of the molecule is O=C(NCCCc1nc2ccccc2s1)NCc1ccc(OCC(F)(F)F)cc1. The Balaban J connectivity index is 1.33. The normalized spacial score (nSPS) is 11.4. The van der Waals surface area contributed by atoms with Crippen molar-refractivity contribution in [2.45, 2.75) is 25.6 Å². The molecule has 2 amide bonds. The highest BCUT2D eigenvalue weighted by Crippen LogP contribution is 2.22. The zero-order chi connectivity index (χ0) is 20.7. The molecule has 3 rings (SSSR count). The van der Waals surface area contributed by atoms with Crippen molar-refractivity contribution in [2.75, 3.05) is 13.2 Å². The summed E-state index contributed by atoms with van der Waals surface area (Å²) in [7, 11) is 0. The van der Waals surface area contributed by atoms with Crippen LogP contribution in [0.5, 0.6) is 5.75 Å². The average Bonchev–Trinajstić information content (AvgIpc) is 3.11. The quantitative estimate of drug-likeness (QED) is 0.518. The number of nitrogens with zero attached hydrogens (tertiary/aromatic N) is 1. The molecule has 0 aliphatic heterocycles. The van der Waals surface area contributed by atoms with Crippen LogP contribution in [0.25, 0.3) is 10.2 Å². The van der Waals surface area contributed by atoms with Crippen LogP contribution in [0.4, 0.5) is 18.0 Å². The molecule has 0 unspecified atom stereocenters. The second-order valence-electron chi connectivity index (χ2n) is 6.34. The maximum Gasteiger partial charge on any atom is 0.422 e. The first-order valence-electron chi connectivity index (χ1n) is 9.04. The standard InChI is InChI=1S/C20H20F3N3O2S/c21-20(22,23)13-28-15-9-7-14(8-10-15)12-25-19(27)24-11-3-6-18-26-16-4-1-2-5-17(16)29-18/h1-2,4-5,7-10H,3,6,11-13H2,(H2,24,25,27). The van der Waals surface area contributed by atoms with Crippen molar-refractivity contribution in [3.8, 4) is 5.75 Å². The van der Waals surface area contributed by atoms with Gasteiger partial charge in [-0.3, -0.25) is 0 Å². The highest BCUT2D eigenvalue weighted by molar-refractivity contribution is 7.18. The van der Waals surface area contributed by atoms with Gasteiger partial charge in [-0.2, -0.15) is 13.2 Å². The minimum absolute atomic E-state index is 0.130. The van der Waals surface area contributed by atoms with E-state index >= 15 is 0 Å². The van der Waals surface area contributed by atoms with E-state index in [1.165, 1.54) is 12.1 Å². The number of aromatic nitrogens is 1. The Morgan fingerprint density at radius 3 is 2.55 bits per heavy atom. The largest absolute Gasteiger partial charge is 0.484 e. The Hall–Kier alpha value is -2.81. The van der Waals surface area contributed by atoms with Crippen LogP contribution in [0, 0.1) is 0 Å². The fraction of sp³-hybridized carbons (Fsp3) is 0.300. The molecule has 9 heteroatoms. The molecule has 2 N–H and O–H groups in total. The number of fused-ring (bicyclic) bond motifs is 1. The number of aryl methyl sites for hydroxylation is 1. The molecule has 2 aromatic carbocycles. The lowest BCUT2D eigenvalue weighted by Crippen LogP contribution is -2.35. The number of hydrogen-bond donors (Lipinski definition) is 2. The van der Waals surface area contributed by atoms with Gasteiger partial charge in [0.05, 0.1) is 15.2 Å². The van der Waals surface area contributed by atoms with Gasteiger partial charge in [0.25, 0.3) is 0 Å². The van der Waals surface area contributed by atoms with Gasteiger partial charge in [-0.1, -0.05) is 24.3 Å². The summed E-state index contributed by atoms with van der Waals surface area (Å²) in [6.07, 6.45) is -2.80. The number of carbonyl (C=O) groups is 1. The van der Waals surface area contributed by atoms with E-state index < -0.39 is 12.8 Å². The topological polar surface area (TPSA) is 63.2 Å². The predicted octanol–water partition coefficient (Wildman–Crippen LogP) is 4.67. The molecular weight excluding hydrogens is 403 g/mol. The minimum atomic E-state index is -4.37. The molecule has 154 valence electrons. The molecule has 0 fully saturated rings. The van der Waals surface area contributed by atoms with E-state index in [2.05, 4.69) is 20.4 Å². The zero-order valence-electron chi connectivity index (χ0n) is 15.5. The number of para-hydroxylation sites is 1. The second kappa shape index (κ2) is 9.60. The third kappa shape index (κ3) is 6.94. The van der Waals surface area contributed by atoms with E-state index in [1.807, 2.05) is 24.3 Å². The van der Waals surface area contributed by atoms with Crippen molar-refractivity contribution in [1.82, 2.24) is 15.6 Å². The molecule has 0 atom stereocenters. The summed E-state index contributed by atoms with van der Waals surface area (Å²) in [6.45, 7) is -0.542. The summed E-state index contributed by atoms with van der Waals surface area (Å²) in [4.78, 5) is 16.4. The van der Waals surface area contributed by atoms with Crippen molar-refractivity contribution >= 4 is 27.6 Å². The molecule has 5 nitrogen and oxygen atoms in total. The number of rotatable bonds is 8. The van der Waals surface area contributed by atoms with Crippen molar-refractivity contribution in [3.05, 3.63) is 59.1 Å². The van der Waals surface area contributed by atoms with Gasteiger partial charge in [-0.25, -0.2) is 9.78 Å². The Bertz CT molecular complexity index is 909. The molecule has 1 heterocycles. The predicted molar refractivity (Wildman–Crippen MR) is 106 cm³/mol. The van der Waals surface area contributed by atoms with Gasteiger partial charge in [0.15, 0.2) is 6.61 Å². The van der Waals surface area contributed by atoms with Crippen LogP contribution in [0.2, 0.25) is 0 Å². The summed E-state index contributed by atoms with van der Waals surface area (Å²) in [6, 6.07) is 13.8. The van der Waals surface area contributed by atoms with Crippen LogP contribution >= 0.6 is 11.3 Å². The van der Waals surface area contributed by atoms with Crippen molar-refractivity contribution in [1.29, 1.82) is 0 Å². The Morgan fingerprint density at radius 1 is 1.07 bits per heavy atom. The molecule has 0 bridgehead atoms. The summed E-state index contributed by atoms with van der Waals surface area (Å²) in [5.41, 5.74) is 1.75. The fourth-order valence-electron chi connectivity index (χ4n) is 2.58. The van der Waals surface area contributed by atoms with Crippen molar-refractivity contribution < 1.29 is 22.7 Å². The molecule has 0 aliphatic carbocycles. The van der Waals surface area contributed by atoms with Crippen LogP contribution in [0.15, 0.2) is 48.5 Å². The third-order valence-electron chi connectivity index (χ3n) is 3.97. The van der Waals surface area contributed by atoms with E-state index in [0.29, 0.717) is 6.54 Å². The highest BCUT2D eigenvalue weighted by atomic mass is 32.1. The number of urea groups is 1. The van der Waals surface area contributed by atoms with Gasteiger partial charge >= 0.3 is 12.2 Å². The number of halogens is 3. The average molecular weight is 423 g/mol. The van der Waals surface area contributed by atoms with Gasteiger partial charge < -0.3 is 15.4 Å². The Kier molecular flexibility index (Phi) is 6.92. The number of alkyl halides is 3. The number of nitrogens with one attached hydrogen (secondary N) is 2. The summed E-state index contributed by atoms with van der Waals surface area (Å²) < 4.78 is 42.2. The van der Waals surface area contributed by atoms with E-state index in [-0.39, 0.29) is 18.3 Å². The van der Waals surface area contributed by atoms with Crippen molar-refractivity contribution in [3.63, 3.8) is 0 Å². The zero-order valence-corrected chi connectivity index (χ0v) is 16.3. The lowest BCUT2D eigenvalue weighted by molar-refractivity contribution is -0.153. The number of ether oxygens (including phenoxy) is 1. The summed E-state index contributed by atoms with van der Waals surface area (Å²) in [5, 5.41) is 6.54. The van der Waals surface area contributed by atoms with Crippen LogP contribution < -0.4 is 15.4 Å². The molecule has 0 saturated heterocycles. The second-order valence-corrected chi connectivity index (χ2v) is 7.45. The van der Waals surface area contributed by atoms with Gasteiger partial charge in [0, 0.05) is 19.5 Å². The van der Waals surface area contributed by atoms with Crippen LogP contribution in [0.3, 0.4) is 0 Å². The summed E-state index contributed by atoms with van der Waals surface area (Å²) >= 11 is 1.66. The molecule has 29 heavy (non-hydrogen) atoms. The molecule has 0 aliphatic rings. The lowest BCUT2D eigenvalue weighted by Gasteiger charge is -2.10. The van der Waals surface area contributed by atoms with E-state index in [0.717, 1.165) is 33.6 Å². The Morgan fingerprint density at radius 2 is 1.83 bits per heavy atom. The van der Waals surface area contributed by atoms with Gasteiger partial charge in [-0.05, 0) is 36.2 Å². The number of thiazole rings is 1. The molecule has 3 aromatic rings. The first kappa shape index (κ1) is 20.9. The highest BCUT2D eigenvalue weighted by Gasteiger charge is 2.28. The van der Waals surface area contributed by atoms with Gasteiger partial charge in [0.1, 0.15) is 5.75 Å². The molecule has 0 saturated carbocycles. The maximum absolute atomic E-state index is 12.1. The monoisotopic (exact) mass is 423 g/mol. The minimum Gasteiger partial charge on any atom is -0.484 e. The van der Waals surface area contributed by atoms with E-state index in [1.54, 1.807) is 23.5 Å². The van der Waals surface area contributed by atoms with Crippen LogP contribution in [-0.2, 0) is 13.0 Å². The molecule has 0 radical (unpaired) electrons. The van der Waals surface area contributed by atoms with E-state index in [4.69, 9.17) is 0 Å². The smallest absolute Gasteiger partial charge is 0.422 e.